The monoisotopic (exact) mass is 240 g/mol. The Morgan fingerprint density at radius 2 is 1.25 bits per heavy atom. The van der Waals surface area contributed by atoms with Crippen LogP contribution in [0.15, 0.2) is 0 Å². The fraction of sp³-hybridized carbons (Fsp3) is 0.125. The molecule has 2 N–H and O–H groups in total. The van der Waals surface area contributed by atoms with Crippen molar-refractivity contribution in [3.05, 3.63) is 29.1 Å². The van der Waals surface area contributed by atoms with Crippen molar-refractivity contribution in [3.63, 3.8) is 0 Å². The van der Waals surface area contributed by atoms with Crippen molar-refractivity contribution in [2.24, 2.45) is 0 Å². The number of anilines is 1. The van der Waals surface area contributed by atoms with Crippen LogP contribution in [0.2, 0.25) is 0 Å². The van der Waals surface area contributed by atoms with Crippen LogP contribution in [0.5, 0.6) is 0 Å². The molecule has 0 aromatic heterocycles. The molecule has 0 spiro atoms. The molecule has 0 saturated heterocycles. The Bertz CT molecular complexity index is 420. The Balaban J connectivity index is 3.23. The van der Waals surface area contributed by atoms with Gasteiger partial charge in [-0.3, -0.25) is 15.6 Å². The van der Waals surface area contributed by atoms with E-state index in [1.54, 1.807) is 10.9 Å². The SMILES string of the molecule is CC(=O)NNc1c(F)c(F)c(F)c(F)c1F. The van der Waals surface area contributed by atoms with Crippen molar-refractivity contribution in [1.82, 2.24) is 5.43 Å². The molecule has 1 amide bonds. The molecular weight excluding hydrogens is 235 g/mol. The molecule has 1 rings (SSSR count). The smallest absolute Gasteiger partial charge is 0.235 e. The molecule has 0 atom stereocenters. The van der Waals surface area contributed by atoms with Crippen LogP contribution >= 0.6 is 0 Å². The maximum atomic E-state index is 12.9. The lowest BCUT2D eigenvalue weighted by atomic mass is 10.2. The number of hydrazine groups is 1. The van der Waals surface area contributed by atoms with Crippen molar-refractivity contribution in [2.75, 3.05) is 5.43 Å². The number of nitrogens with one attached hydrogen (secondary N) is 2. The Hall–Kier alpha value is -1.86. The van der Waals surface area contributed by atoms with Crippen molar-refractivity contribution >= 4 is 11.6 Å². The molecule has 0 aliphatic rings. The summed E-state index contributed by atoms with van der Waals surface area (Å²) in [4.78, 5) is 10.4. The maximum Gasteiger partial charge on any atom is 0.235 e. The van der Waals surface area contributed by atoms with Gasteiger partial charge in [0.2, 0.25) is 11.7 Å². The van der Waals surface area contributed by atoms with Gasteiger partial charge in [-0.2, -0.15) is 0 Å². The number of hydrogen-bond acceptors (Lipinski definition) is 2. The fourth-order valence-corrected chi connectivity index (χ4v) is 0.865. The van der Waals surface area contributed by atoms with Crippen molar-refractivity contribution in [2.45, 2.75) is 6.92 Å². The zero-order valence-corrected chi connectivity index (χ0v) is 7.80. The van der Waals surface area contributed by atoms with Crippen molar-refractivity contribution < 1.29 is 26.7 Å². The standard InChI is InChI=1S/C8H5F5N2O/c1-2(16)14-15-8-6(12)4(10)3(9)5(11)7(8)13/h15H,1H3,(H,14,16). The molecular formula is C8H5F5N2O. The number of amides is 1. The summed E-state index contributed by atoms with van der Waals surface area (Å²) in [6.07, 6.45) is 0. The molecule has 0 aliphatic heterocycles. The molecule has 8 heteroatoms. The summed E-state index contributed by atoms with van der Waals surface area (Å²) in [5.74, 6) is -11.3. The van der Waals surface area contributed by atoms with Crippen LogP contribution in [0, 0.1) is 29.1 Å². The summed E-state index contributed by atoms with van der Waals surface area (Å²) in [6, 6.07) is 0. The molecule has 1 aromatic rings. The van der Waals surface area contributed by atoms with Crippen LogP contribution in [0.25, 0.3) is 0 Å². The van der Waals surface area contributed by atoms with E-state index >= 15 is 0 Å². The van der Waals surface area contributed by atoms with E-state index in [4.69, 9.17) is 0 Å². The van der Waals surface area contributed by atoms with Gasteiger partial charge in [0.05, 0.1) is 0 Å². The third kappa shape index (κ3) is 2.05. The molecule has 0 bridgehead atoms. The summed E-state index contributed by atoms with van der Waals surface area (Å²) in [5, 5.41) is 0. The number of rotatable bonds is 2. The number of carbonyl (C=O) groups is 1. The lowest BCUT2D eigenvalue weighted by molar-refractivity contribution is -0.118. The average Bonchev–Trinajstić information content (AvgIpc) is 2.23. The molecule has 0 aliphatic carbocycles. The quantitative estimate of drug-likeness (QED) is 0.358. The molecule has 0 radical (unpaired) electrons. The normalized spacial score (nSPS) is 10.1. The second-order valence-corrected chi connectivity index (χ2v) is 2.75. The lowest BCUT2D eigenvalue weighted by Crippen LogP contribution is -2.28. The van der Waals surface area contributed by atoms with E-state index in [0.29, 0.717) is 0 Å². The fourth-order valence-electron chi connectivity index (χ4n) is 0.865. The van der Waals surface area contributed by atoms with Crippen molar-refractivity contribution in [1.29, 1.82) is 0 Å². The number of benzene rings is 1. The summed E-state index contributed by atoms with van der Waals surface area (Å²) in [5.41, 5.74) is 1.97. The van der Waals surface area contributed by atoms with Crippen LogP contribution in [0.4, 0.5) is 27.6 Å². The minimum atomic E-state index is -2.26. The highest BCUT2D eigenvalue weighted by atomic mass is 19.2. The van der Waals surface area contributed by atoms with Gasteiger partial charge >= 0.3 is 0 Å². The van der Waals surface area contributed by atoms with E-state index in [1.165, 1.54) is 0 Å². The van der Waals surface area contributed by atoms with Crippen molar-refractivity contribution in [3.8, 4) is 0 Å². The number of hydrogen-bond donors (Lipinski definition) is 2. The lowest BCUT2D eigenvalue weighted by Gasteiger charge is -2.10. The topological polar surface area (TPSA) is 41.1 Å². The second-order valence-electron chi connectivity index (χ2n) is 2.75. The summed E-state index contributed by atoms with van der Waals surface area (Å²) < 4.78 is 63.6. The Morgan fingerprint density at radius 1 is 0.875 bits per heavy atom. The summed E-state index contributed by atoms with van der Waals surface area (Å²) in [7, 11) is 0. The Morgan fingerprint density at radius 3 is 1.62 bits per heavy atom. The van der Waals surface area contributed by atoms with Crippen LogP contribution < -0.4 is 10.9 Å². The third-order valence-electron chi connectivity index (χ3n) is 1.57. The first-order chi connectivity index (χ1) is 7.36. The van der Waals surface area contributed by atoms with Crippen LogP contribution in [0.1, 0.15) is 6.92 Å². The van der Waals surface area contributed by atoms with Gasteiger partial charge in [-0.15, -0.1) is 0 Å². The molecule has 0 heterocycles. The molecule has 0 unspecified atom stereocenters. The predicted octanol–water partition coefficient (Wildman–Crippen LogP) is 1.85. The Kier molecular flexibility index (Phi) is 3.31. The Labute approximate surface area is 86.2 Å². The van der Waals surface area contributed by atoms with Crippen LogP contribution in [-0.2, 0) is 4.79 Å². The van der Waals surface area contributed by atoms with E-state index in [2.05, 4.69) is 0 Å². The zero-order chi connectivity index (χ0) is 12.5. The van der Waals surface area contributed by atoms with E-state index < -0.39 is 40.7 Å². The predicted molar refractivity (Wildman–Crippen MR) is 43.7 cm³/mol. The van der Waals surface area contributed by atoms with Gasteiger partial charge in [0, 0.05) is 6.92 Å². The van der Waals surface area contributed by atoms with Gasteiger partial charge in [-0.1, -0.05) is 0 Å². The molecule has 0 saturated carbocycles. The van der Waals surface area contributed by atoms with Gasteiger partial charge in [-0.05, 0) is 0 Å². The van der Waals surface area contributed by atoms with Gasteiger partial charge in [0.25, 0.3) is 0 Å². The number of carbonyl (C=O) groups excluding carboxylic acids is 1. The molecule has 0 fully saturated rings. The highest BCUT2D eigenvalue weighted by Gasteiger charge is 2.25. The van der Waals surface area contributed by atoms with Crippen LogP contribution in [-0.4, -0.2) is 5.91 Å². The van der Waals surface area contributed by atoms with Gasteiger partial charge in [0.15, 0.2) is 23.3 Å². The highest BCUT2D eigenvalue weighted by molar-refractivity contribution is 5.74. The largest absolute Gasteiger partial charge is 0.293 e. The first-order valence-corrected chi connectivity index (χ1v) is 3.90. The van der Waals surface area contributed by atoms with Gasteiger partial charge in [0.1, 0.15) is 5.69 Å². The van der Waals surface area contributed by atoms with Gasteiger partial charge in [-0.25, -0.2) is 22.0 Å². The minimum absolute atomic E-state index is 0.760. The van der Waals surface area contributed by atoms with E-state index in [1.807, 2.05) is 0 Å². The third-order valence-corrected chi connectivity index (χ3v) is 1.57. The first kappa shape index (κ1) is 12.2. The van der Waals surface area contributed by atoms with Crippen LogP contribution in [0.3, 0.4) is 0 Å². The summed E-state index contributed by atoms with van der Waals surface area (Å²) >= 11 is 0. The van der Waals surface area contributed by atoms with Gasteiger partial charge < -0.3 is 0 Å². The molecule has 16 heavy (non-hydrogen) atoms. The number of halogens is 5. The average molecular weight is 240 g/mol. The zero-order valence-electron chi connectivity index (χ0n) is 7.80. The maximum absolute atomic E-state index is 12.9. The second kappa shape index (κ2) is 4.33. The van der Waals surface area contributed by atoms with E-state index in [-0.39, 0.29) is 0 Å². The first-order valence-electron chi connectivity index (χ1n) is 3.90. The molecule has 88 valence electrons. The highest BCUT2D eigenvalue weighted by Crippen LogP contribution is 2.26. The molecule has 3 nitrogen and oxygen atoms in total. The van der Waals surface area contributed by atoms with E-state index in [0.717, 1.165) is 6.92 Å². The van der Waals surface area contributed by atoms with E-state index in [9.17, 15) is 26.7 Å². The summed E-state index contributed by atoms with van der Waals surface area (Å²) in [6.45, 7) is 0.985. The molecule has 1 aromatic carbocycles. The minimum Gasteiger partial charge on any atom is -0.293 e.